The summed E-state index contributed by atoms with van der Waals surface area (Å²) in [5, 5.41) is 3.41. The molecule has 16 heavy (non-hydrogen) atoms. The Morgan fingerprint density at radius 2 is 2.06 bits per heavy atom. The van der Waals surface area contributed by atoms with Gasteiger partial charge in [-0.05, 0) is 50.1 Å². The monoisotopic (exact) mass is 215 g/mol. The maximum atomic E-state index is 4.72. The molecule has 2 aromatic rings. The van der Waals surface area contributed by atoms with Crippen molar-refractivity contribution in [2.24, 2.45) is 0 Å². The Balaban J connectivity index is 2.26. The fourth-order valence-corrected chi connectivity index (χ4v) is 2.38. The van der Waals surface area contributed by atoms with Crippen molar-refractivity contribution in [1.29, 1.82) is 0 Å². The number of imidazole rings is 1. The molecule has 3 rings (SSSR count). The molecular formula is C13H17N3. The van der Waals surface area contributed by atoms with Crippen LogP contribution in [0.25, 0.3) is 11.0 Å². The summed E-state index contributed by atoms with van der Waals surface area (Å²) in [6.07, 6.45) is 1.19. The van der Waals surface area contributed by atoms with Crippen LogP contribution in [0.2, 0.25) is 0 Å². The van der Waals surface area contributed by atoms with E-state index in [1.54, 1.807) is 0 Å². The van der Waals surface area contributed by atoms with Crippen molar-refractivity contribution in [2.45, 2.75) is 33.4 Å². The van der Waals surface area contributed by atoms with Crippen molar-refractivity contribution in [2.75, 3.05) is 6.54 Å². The third-order valence-electron chi connectivity index (χ3n) is 3.46. The van der Waals surface area contributed by atoms with Gasteiger partial charge < -0.3 is 9.88 Å². The summed E-state index contributed by atoms with van der Waals surface area (Å²) >= 11 is 0. The zero-order valence-electron chi connectivity index (χ0n) is 9.88. The van der Waals surface area contributed by atoms with Gasteiger partial charge in [-0.2, -0.15) is 0 Å². The second kappa shape index (κ2) is 3.59. The van der Waals surface area contributed by atoms with Gasteiger partial charge in [-0.15, -0.1) is 0 Å². The Kier molecular flexibility index (Phi) is 2.21. The zero-order chi connectivity index (χ0) is 11.1. The summed E-state index contributed by atoms with van der Waals surface area (Å²) in [5.41, 5.74) is 5.12. The Bertz CT molecular complexity index is 540. The summed E-state index contributed by atoms with van der Waals surface area (Å²) in [6.45, 7) is 7.39. The molecule has 0 saturated heterocycles. The standard InChI is InChI=1S/C13H17N3/c1-9-6-11-12(7-10(9)2)16-5-3-4-14-8-13(16)15-11/h6-7,14H,3-5,8H2,1-2H3. The minimum absolute atomic E-state index is 0.896. The molecule has 1 N–H and O–H groups in total. The molecular weight excluding hydrogens is 198 g/mol. The molecule has 0 fully saturated rings. The van der Waals surface area contributed by atoms with Gasteiger partial charge in [-0.3, -0.25) is 0 Å². The van der Waals surface area contributed by atoms with E-state index in [0.29, 0.717) is 0 Å². The SMILES string of the molecule is Cc1cc2nc3n(c2cc1C)CCCNC3. The first kappa shape index (κ1) is 9.85. The maximum absolute atomic E-state index is 4.72. The Labute approximate surface area is 95.5 Å². The molecule has 0 atom stereocenters. The average molecular weight is 215 g/mol. The van der Waals surface area contributed by atoms with Crippen LogP contribution < -0.4 is 5.32 Å². The normalized spacial score (nSPS) is 16.1. The maximum Gasteiger partial charge on any atom is 0.123 e. The number of hydrogen-bond donors (Lipinski definition) is 1. The van der Waals surface area contributed by atoms with E-state index in [0.717, 1.165) is 25.2 Å². The first-order chi connectivity index (χ1) is 7.75. The predicted octanol–water partition coefficient (Wildman–Crippen LogP) is 2.15. The molecule has 3 nitrogen and oxygen atoms in total. The van der Waals surface area contributed by atoms with E-state index in [2.05, 4.69) is 35.9 Å². The average Bonchev–Trinajstić information content (AvgIpc) is 2.47. The summed E-state index contributed by atoms with van der Waals surface area (Å²) in [7, 11) is 0. The Morgan fingerprint density at radius 3 is 2.94 bits per heavy atom. The van der Waals surface area contributed by atoms with Gasteiger partial charge in [-0.25, -0.2) is 4.98 Å². The minimum Gasteiger partial charge on any atom is -0.327 e. The van der Waals surface area contributed by atoms with Crippen molar-refractivity contribution in [3.8, 4) is 0 Å². The van der Waals surface area contributed by atoms with Crippen molar-refractivity contribution in [3.63, 3.8) is 0 Å². The summed E-state index contributed by atoms with van der Waals surface area (Å²) in [5.74, 6) is 1.18. The van der Waals surface area contributed by atoms with Gasteiger partial charge in [0.15, 0.2) is 0 Å². The highest BCUT2D eigenvalue weighted by molar-refractivity contribution is 5.78. The summed E-state index contributed by atoms with van der Waals surface area (Å²) < 4.78 is 2.36. The molecule has 0 bridgehead atoms. The van der Waals surface area contributed by atoms with Crippen LogP contribution in [0.4, 0.5) is 0 Å². The topological polar surface area (TPSA) is 29.9 Å². The molecule has 0 amide bonds. The van der Waals surface area contributed by atoms with Crippen LogP contribution in [0, 0.1) is 13.8 Å². The number of hydrogen-bond acceptors (Lipinski definition) is 2. The van der Waals surface area contributed by atoms with Gasteiger partial charge in [0.05, 0.1) is 17.6 Å². The first-order valence-corrected chi connectivity index (χ1v) is 5.93. The number of benzene rings is 1. The highest BCUT2D eigenvalue weighted by atomic mass is 15.1. The Hall–Kier alpha value is -1.35. The lowest BCUT2D eigenvalue weighted by atomic mass is 10.1. The molecule has 2 heterocycles. The number of nitrogens with zero attached hydrogens (tertiary/aromatic N) is 2. The molecule has 0 aliphatic carbocycles. The van der Waals surface area contributed by atoms with Crippen molar-refractivity contribution in [1.82, 2.24) is 14.9 Å². The number of aromatic nitrogens is 2. The minimum atomic E-state index is 0.896. The van der Waals surface area contributed by atoms with Crippen molar-refractivity contribution >= 4 is 11.0 Å². The lowest BCUT2D eigenvalue weighted by Gasteiger charge is -2.05. The number of fused-ring (bicyclic) bond motifs is 3. The largest absolute Gasteiger partial charge is 0.327 e. The zero-order valence-corrected chi connectivity index (χ0v) is 9.88. The van der Waals surface area contributed by atoms with E-state index in [4.69, 9.17) is 4.98 Å². The molecule has 1 aliphatic heterocycles. The molecule has 84 valence electrons. The van der Waals surface area contributed by atoms with Gasteiger partial charge in [0.2, 0.25) is 0 Å². The van der Waals surface area contributed by atoms with Crippen LogP contribution in [0.15, 0.2) is 12.1 Å². The molecule has 0 unspecified atom stereocenters. The predicted molar refractivity (Wildman–Crippen MR) is 65.5 cm³/mol. The van der Waals surface area contributed by atoms with Crippen LogP contribution in [0.3, 0.4) is 0 Å². The van der Waals surface area contributed by atoms with Gasteiger partial charge in [-0.1, -0.05) is 0 Å². The van der Waals surface area contributed by atoms with E-state index in [1.165, 1.54) is 28.9 Å². The van der Waals surface area contributed by atoms with Crippen molar-refractivity contribution < 1.29 is 0 Å². The smallest absolute Gasteiger partial charge is 0.123 e. The van der Waals surface area contributed by atoms with Crippen molar-refractivity contribution in [3.05, 3.63) is 29.1 Å². The highest BCUT2D eigenvalue weighted by Gasteiger charge is 2.13. The molecule has 0 radical (unpaired) electrons. The molecule has 0 saturated carbocycles. The Morgan fingerprint density at radius 1 is 1.25 bits per heavy atom. The van der Waals surface area contributed by atoms with Crippen LogP contribution in [0.1, 0.15) is 23.4 Å². The van der Waals surface area contributed by atoms with Crippen LogP contribution >= 0.6 is 0 Å². The highest BCUT2D eigenvalue weighted by Crippen LogP contribution is 2.21. The van der Waals surface area contributed by atoms with E-state index in [1.807, 2.05) is 0 Å². The molecule has 3 heteroatoms. The van der Waals surface area contributed by atoms with E-state index in [-0.39, 0.29) is 0 Å². The third kappa shape index (κ3) is 1.43. The number of nitrogens with one attached hydrogen (secondary N) is 1. The second-order valence-corrected chi connectivity index (χ2v) is 4.64. The van der Waals surface area contributed by atoms with Gasteiger partial charge in [0.1, 0.15) is 5.82 Å². The molecule has 1 aliphatic rings. The van der Waals surface area contributed by atoms with Gasteiger partial charge >= 0.3 is 0 Å². The summed E-state index contributed by atoms with van der Waals surface area (Å²) in [6, 6.07) is 4.47. The third-order valence-corrected chi connectivity index (χ3v) is 3.46. The second-order valence-electron chi connectivity index (χ2n) is 4.64. The molecule has 1 aromatic carbocycles. The lowest BCUT2D eigenvalue weighted by molar-refractivity contribution is 0.654. The molecule has 0 spiro atoms. The lowest BCUT2D eigenvalue weighted by Crippen LogP contribution is -2.12. The van der Waals surface area contributed by atoms with Gasteiger partial charge in [0, 0.05) is 6.54 Å². The van der Waals surface area contributed by atoms with E-state index < -0.39 is 0 Å². The van der Waals surface area contributed by atoms with E-state index >= 15 is 0 Å². The fourth-order valence-electron chi connectivity index (χ4n) is 2.38. The van der Waals surface area contributed by atoms with Crippen LogP contribution in [-0.2, 0) is 13.1 Å². The fraction of sp³-hybridized carbons (Fsp3) is 0.462. The van der Waals surface area contributed by atoms with E-state index in [9.17, 15) is 0 Å². The number of aryl methyl sites for hydroxylation is 3. The van der Waals surface area contributed by atoms with Crippen LogP contribution in [-0.4, -0.2) is 16.1 Å². The van der Waals surface area contributed by atoms with Crippen LogP contribution in [0.5, 0.6) is 0 Å². The number of rotatable bonds is 0. The first-order valence-electron chi connectivity index (χ1n) is 5.93. The van der Waals surface area contributed by atoms with Gasteiger partial charge in [0.25, 0.3) is 0 Å². The molecule has 1 aromatic heterocycles. The summed E-state index contributed by atoms with van der Waals surface area (Å²) in [4.78, 5) is 4.72. The quantitative estimate of drug-likeness (QED) is 0.729.